The number of nitrogen functional groups attached to an aromatic ring is 3. The van der Waals surface area contributed by atoms with Gasteiger partial charge in [-0.2, -0.15) is 0 Å². The first-order valence-corrected chi connectivity index (χ1v) is 12.0. The topological polar surface area (TPSA) is 103 Å². The van der Waals surface area contributed by atoms with Gasteiger partial charge in [0.1, 0.15) is 11.6 Å². The van der Waals surface area contributed by atoms with Crippen LogP contribution in [0.15, 0.2) is 59.7 Å². The van der Waals surface area contributed by atoms with Crippen LogP contribution in [0.2, 0.25) is 0 Å². The number of nitrogens with zero attached hydrogens (tertiary/aromatic N) is 1. The van der Waals surface area contributed by atoms with Crippen LogP contribution in [0, 0.1) is 11.8 Å². The van der Waals surface area contributed by atoms with E-state index < -0.39 is 0 Å². The number of nitrogens with two attached hydrogens (primary N) is 3. The standard InChI is InChI=1S/C26H34ClN5/c27-20-8-4-7-19(15-20)17-9-11-21(12-10-17)31-14-13-22(18-5-2-1-3-6-18)23-16-24(28)32-26(30)25(23)29/h1-6,8,15-17,19,21-22,31H,7,9-14,29H2,(H4,28,30,32). The highest BCUT2D eigenvalue weighted by Crippen LogP contribution is 2.37. The second kappa shape index (κ2) is 10.4. The summed E-state index contributed by atoms with van der Waals surface area (Å²) in [7, 11) is 0. The summed E-state index contributed by atoms with van der Waals surface area (Å²) in [4.78, 5) is 4.11. The fraction of sp³-hybridized carbons (Fsp3) is 0.423. The first-order valence-electron chi connectivity index (χ1n) is 11.6. The highest BCUT2D eigenvalue weighted by atomic mass is 35.5. The van der Waals surface area contributed by atoms with E-state index in [4.69, 9.17) is 28.8 Å². The maximum atomic E-state index is 6.32. The van der Waals surface area contributed by atoms with E-state index in [0.717, 1.165) is 35.9 Å². The highest BCUT2D eigenvalue weighted by molar-refractivity contribution is 6.31. The van der Waals surface area contributed by atoms with Gasteiger partial charge < -0.3 is 22.5 Å². The molecule has 5 nitrogen and oxygen atoms in total. The van der Waals surface area contributed by atoms with Crippen LogP contribution in [-0.2, 0) is 0 Å². The Labute approximate surface area is 196 Å². The zero-order valence-electron chi connectivity index (χ0n) is 18.5. The molecule has 0 aliphatic heterocycles. The quantitative estimate of drug-likeness (QED) is 0.463. The Balaban J connectivity index is 1.36. The van der Waals surface area contributed by atoms with E-state index >= 15 is 0 Å². The lowest BCUT2D eigenvalue weighted by Gasteiger charge is -2.34. The molecule has 2 atom stereocenters. The van der Waals surface area contributed by atoms with Gasteiger partial charge in [0.2, 0.25) is 0 Å². The van der Waals surface area contributed by atoms with Gasteiger partial charge in [-0.3, -0.25) is 0 Å². The smallest absolute Gasteiger partial charge is 0.149 e. The number of hydrogen-bond acceptors (Lipinski definition) is 5. The van der Waals surface area contributed by atoms with Crippen molar-refractivity contribution in [3.05, 3.63) is 70.8 Å². The van der Waals surface area contributed by atoms with Crippen LogP contribution in [0.4, 0.5) is 17.3 Å². The molecule has 1 heterocycles. The highest BCUT2D eigenvalue weighted by Gasteiger charge is 2.27. The summed E-state index contributed by atoms with van der Waals surface area (Å²) in [6.45, 7) is 0.911. The average Bonchev–Trinajstić information content (AvgIpc) is 2.80. The molecule has 7 N–H and O–H groups in total. The molecule has 0 radical (unpaired) electrons. The number of hydrogen-bond donors (Lipinski definition) is 4. The van der Waals surface area contributed by atoms with E-state index in [-0.39, 0.29) is 5.92 Å². The molecular weight excluding hydrogens is 418 g/mol. The Morgan fingerprint density at radius 3 is 2.53 bits per heavy atom. The summed E-state index contributed by atoms with van der Waals surface area (Å²) in [6, 6.07) is 12.8. The van der Waals surface area contributed by atoms with Crippen LogP contribution >= 0.6 is 11.6 Å². The van der Waals surface area contributed by atoms with Crippen molar-refractivity contribution in [3.8, 4) is 0 Å². The average molecular weight is 452 g/mol. The lowest BCUT2D eigenvalue weighted by molar-refractivity contribution is 0.243. The zero-order chi connectivity index (χ0) is 22.5. The minimum absolute atomic E-state index is 0.119. The van der Waals surface area contributed by atoms with Crippen LogP contribution in [0.1, 0.15) is 55.6 Å². The molecule has 0 spiro atoms. The predicted octanol–water partition coefficient (Wildman–Crippen LogP) is 5.20. The molecule has 32 heavy (non-hydrogen) atoms. The van der Waals surface area contributed by atoms with Gasteiger partial charge >= 0.3 is 0 Å². The van der Waals surface area contributed by atoms with E-state index in [1.54, 1.807) is 0 Å². The van der Waals surface area contributed by atoms with Gasteiger partial charge in [0.15, 0.2) is 0 Å². The monoisotopic (exact) mass is 451 g/mol. The van der Waals surface area contributed by atoms with E-state index in [1.165, 1.54) is 31.2 Å². The van der Waals surface area contributed by atoms with Gasteiger partial charge in [0, 0.05) is 17.0 Å². The molecule has 1 fully saturated rings. The van der Waals surface area contributed by atoms with Crippen LogP contribution in [0.25, 0.3) is 0 Å². The first-order chi connectivity index (χ1) is 15.5. The zero-order valence-corrected chi connectivity index (χ0v) is 19.3. The number of nitrogens with one attached hydrogen (secondary N) is 1. The molecule has 1 aromatic carbocycles. The third kappa shape index (κ3) is 5.45. The molecule has 0 amide bonds. The number of anilines is 3. The number of aromatic nitrogens is 1. The summed E-state index contributed by atoms with van der Waals surface area (Å²) >= 11 is 6.22. The van der Waals surface area contributed by atoms with Crippen molar-refractivity contribution in [2.24, 2.45) is 11.8 Å². The molecular formula is C26H34ClN5. The van der Waals surface area contributed by atoms with Gasteiger partial charge in [-0.25, -0.2) is 4.98 Å². The van der Waals surface area contributed by atoms with Gasteiger partial charge in [0.25, 0.3) is 0 Å². The number of pyridine rings is 1. The molecule has 0 bridgehead atoms. The third-order valence-electron chi connectivity index (χ3n) is 7.02. The number of rotatable bonds is 7. The molecule has 0 saturated heterocycles. The Bertz CT molecular complexity index is 964. The normalized spacial score (nSPS) is 24.2. The molecule has 170 valence electrons. The maximum Gasteiger partial charge on any atom is 0.149 e. The molecule has 2 aliphatic rings. The van der Waals surface area contributed by atoms with E-state index in [9.17, 15) is 0 Å². The molecule has 2 unspecified atom stereocenters. The molecule has 6 heteroatoms. The van der Waals surface area contributed by atoms with Gasteiger partial charge in [0.05, 0.1) is 5.69 Å². The van der Waals surface area contributed by atoms with E-state index in [2.05, 4.69) is 46.7 Å². The van der Waals surface area contributed by atoms with E-state index in [0.29, 0.717) is 29.3 Å². The summed E-state index contributed by atoms with van der Waals surface area (Å²) in [5.41, 5.74) is 21.0. The molecule has 1 aromatic heterocycles. The minimum atomic E-state index is 0.119. The molecule has 1 saturated carbocycles. The Kier molecular flexibility index (Phi) is 7.38. The summed E-state index contributed by atoms with van der Waals surface area (Å²) in [5, 5.41) is 4.69. The van der Waals surface area contributed by atoms with Crippen molar-refractivity contribution in [1.29, 1.82) is 0 Å². The number of benzene rings is 1. The van der Waals surface area contributed by atoms with Crippen molar-refractivity contribution < 1.29 is 0 Å². The summed E-state index contributed by atoms with van der Waals surface area (Å²) in [6.07, 6.45) is 13.5. The lowest BCUT2D eigenvalue weighted by atomic mass is 9.76. The van der Waals surface area contributed by atoms with Gasteiger partial charge in [-0.1, -0.05) is 54.1 Å². The fourth-order valence-electron chi connectivity index (χ4n) is 5.27. The van der Waals surface area contributed by atoms with Crippen molar-refractivity contribution in [1.82, 2.24) is 10.3 Å². The molecule has 2 aliphatic carbocycles. The Morgan fingerprint density at radius 1 is 1.06 bits per heavy atom. The van der Waals surface area contributed by atoms with Gasteiger partial charge in [-0.05, 0) is 80.2 Å². The third-order valence-corrected chi connectivity index (χ3v) is 7.27. The van der Waals surface area contributed by atoms with Crippen molar-refractivity contribution >= 4 is 28.9 Å². The van der Waals surface area contributed by atoms with Crippen molar-refractivity contribution in [2.75, 3.05) is 23.7 Å². The molecule has 4 rings (SSSR count). The van der Waals surface area contributed by atoms with Crippen LogP contribution in [0.3, 0.4) is 0 Å². The van der Waals surface area contributed by atoms with E-state index in [1.807, 2.05) is 18.2 Å². The van der Waals surface area contributed by atoms with Crippen LogP contribution < -0.4 is 22.5 Å². The maximum absolute atomic E-state index is 6.32. The van der Waals surface area contributed by atoms with Crippen molar-refractivity contribution in [3.63, 3.8) is 0 Å². The minimum Gasteiger partial charge on any atom is -0.396 e. The predicted molar refractivity (Wildman–Crippen MR) is 135 cm³/mol. The first kappa shape index (κ1) is 22.7. The largest absolute Gasteiger partial charge is 0.396 e. The van der Waals surface area contributed by atoms with Crippen molar-refractivity contribution in [2.45, 2.75) is 50.5 Å². The lowest BCUT2D eigenvalue weighted by Crippen LogP contribution is -2.35. The van der Waals surface area contributed by atoms with Crippen LogP contribution in [-0.4, -0.2) is 17.6 Å². The van der Waals surface area contributed by atoms with Gasteiger partial charge in [-0.15, -0.1) is 0 Å². The summed E-state index contributed by atoms with van der Waals surface area (Å²) < 4.78 is 0. The Morgan fingerprint density at radius 2 is 1.81 bits per heavy atom. The second-order valence-electron chi connectivity index (χ2n) is 9.11. The second-order valence-corrected chi connectivity index (χ2v) is 9.54. The fourth-order valence-corrected chi connectivity index (χ4v) is 5.52. The van der Waals surface area contributed by atoms with Crippen LogP contribution in [0.5, 0.6) is 0 Å². The molecule has 2 aromatic rings. The number of halogens is 1. The Hall–Kier alpha value is -2.50. The summed E-state index contributed by atoms with van der Waals surface area (Å²) in [5.74, 6) is 2.17. The SMILES string of the molecule is Nc1cc(C(CCNC2CCC(C3C=C(Cl)C=CC3)CC2)c2ccccc2)c(N)c(N)n1. The number of allylic oxidation sites excluding steroid dienone is 4.